The summed E-state index contributed by atoms with van der Waals surface area (Å²) in [4.78, 5) is 38.6. The van der Waals surface area contributed by atoms with Crippen LogP contribution in [0.15, 0.2) is 60.7 Å². The Morgan fingerprint density at radius 1 is 1.03 bits per heavy atom. The molecule has 1 aliphatic rings. The highest BCUT2D eigenvalue weighted by Gasteiger charge is 2.24. The second kappa shape index (κ2) is 12.6. The fraction of sp³-hybridized carbons (Fsp3) is 0.321. The second-order valence-electron chi connectivity index (χ2n) is 9.40. The number of carbonyl (C=O) groups excluding carboxylic acids is 3. The molecule has 2 aromatic carbocycles. The van der Waals surface area contributed by atoms with E-state index in [0.29, 0.717) is 24.5 Å². The summed E-state index contributed by atoms with van der Waals surface area (Å²) >= 11 is 1.22. The van der Waals surface area contributed by atoms with Gasteiger partial charge in [0.05, 0.1) is 5.56 Å². The van der Waals surface area contributed by atoms with Gasteiger partial charge in [-0.1, -0.05) is 42.5 Å². The van der Waals surface area contributed by atoms with Gasteiger partial charge in [-0.15, -0.1) is 11.3 Å². The number of carbonyl (C=O) groups is 3. The van der Waals surface area contributed by atoms with Gasteiger partial charge in [0.1, 0.15) is 17.1 Å². The first-order valence-corrected chi connectivity index (χ1v) is 13.5. The van der Waals surface area contributed by atoms with E-state index in [1.807, 2.05) is 42.5 Å². The van der Waals surface area contributed by atoms with Crippen molar-refractivity contribution in [2.45, 2.75) is 50.8 Å². The summed E-state index contributed by atoms with van der Waals surface area (Å²) < 4.78 is 5.60. The lowest BCUT2D eigenvalue weighted by molar-refractivity contribution is -0.150. The smallest absolute Gasteiger partial charge is 0.323 e. The minimum absolute atomic E-state index is 0.00691. The number of hydrogen-bond donors (Lipinski definition) is 4. The molecule has 1 aromatic heterocycles. The number of amides is 3. The number of nitrogens with two attached hydrogens (primary N) is 3. The Balaban J connectivity index is 1.49. The van der Waals surface area contributed by atoms with Gasteiger partial charge in [0.2, 0.25) is 0 Å². The molecule has 1 atom stereocenters. The molecule has 4 rings (SSSR count). The molecular weight excluding hydrogens is 502 g/mol. The summed E-state index contributed by atoms with van der Waals surface area (Å²) in [5, 5.41) is 2.77. The van der Waals surface area contributed by atoms with Crippen LogP contribution in [0.5, 0.6) is 0 Å². The van der Waals surface area contributed by atoms with Crippen molar-refractivity contribution in [3.05, 3.63) is 71.8 Å². The van der Waals surface area contributed by atoms with Crippen LogP contribution in [0.2, 0.25) is 0 Å². The van der Waals surface area contributed by atoms with E-state index < -0.39 is 18.0 Å². The zero-order chi connectivity index (χ0) is 27.1. The number of thiophene rings is 1. The number of primary amides is 2. The molecule has 3 amide bonds. The van der Waals surface area contributed by atoms with E-state index in [1.54, 1.807) is 6.07 Å². The molecule has 0 saturated heterocycles. The van der Waals surface area contributed by atoms with Gasteiger partial charge >= 0.3 is 12.0 Å². The quantitative estimate of drug-likeness (QED) is 0.270. The maximum Gasteiger partial charge on any atom is 0.323 e. The summed E-state index contributed by atoms with van der Waals surface area (Å²) in [6.07, 6.45) is 4.45. The predicted molar refractivity (Wildman–Crippen MR) is 150 cm³/mol. The van der Waals surface area contributed by atoms with Crippen LogP contribution < -0.4 is 27.4 Å². The van der Waals surface area contributed by atoms with Crippen LogP contribution in [0.25, 0.3) is 10.4 Å². The van der Waals surface area contributed by atoms with Gasteiger partial charge in [-0.2, -0.15) is 0 Å². The van der Waals surface area contributed by atoms with Gasteiger partial charge in [-0.3, -0.25) is 14.9 Å². The summed E-state index contributed by atoms with van der Waals surface area (Å²) in [6, 6.07) is 18.1. The first-order valence-electron chi connectivity index (χ1n) is 12.7. The van der Waals surface area contributed by atoms with Crippen molar-refractivity contribution in [2.24, 2.45) is 17.2 Å². The molecule has 1 heterocycles. The number of nitrogens with one attached hydrogen (secondary N) is 1. The number of nitrogens with zero attached hydrogens (tertiary/aromatic N) is 1. The van der Waals surface area contributed by atoms with Crippen LogP contribution >= 0.6 is 11.3 Å². The number of ether oxygens (including phenoxy) is 1. The molecule has 1 saturated carbocycles. The van der Waals surface area contributed by atoms with E-state index in [4.69, 9.17) is 21.9 Å². The maximum atomic E-state index is 12.5. The van der Waals surface area contributed by atoms with Crippen LogP contribution in [-0.2, 0) is 16.1 Å². The fourth-order valence-corrected chi connectivity index (χ4v) is 5.60. The van der Waals surface area contributed by atoms with E-state index in [0.717, 1.165) is 47.4 Å². The van der Waals surface area contributed by atoms with Crippen molar-refractivity contribution in [1.29, 1.82) is 0 Å². The second-order valence-corrected chi connectivity index (χ2v) is 10.5. The van der Waals surface area contributed by atoms with Gasteiger partial charge in [0.25, 0.3) is 5.91 Å². The van der Waals surface area contributed by atoms with Gasteiger partial charge in [-0.05, 0) is 61.4 Å². The van der Waals surface area contributed by atoms with Crippen LogP contribution in [0.3, 0.4) is 0 Å². The number of esters is 1. The molecule has 9 nitrogen and oxygen atoms in total. The molecule has 0 bridgehead atoms. The number of benzene rings is 2. The number of urea groups is 1. The molecular formula is C28H33N5O4S. The minimum atomic E-state index is -0.766. The number of hydrogen-bond acceptors (Lipinski definition) is 7. The summed E-state index contributed by atoms with van der Waals surface area (Å²) in [5.41, 5.74) is 20.1. The third-order valence-electron chi connectivity index (χ3n) is 6.57. The summed E-state index contributed by atoms with van der Waals surface area (Å²) in [7, 11) is 0. The lowest BCUT2D eigenvalue weighted by Gasteiger charge is -2.26. The Kier molecular flexibility index (Phi) is 8.98. The Bertz CT molecular complexity index is 1260. The molecule has 1 fully saturated rings. The third kappa shape index (κ3) is 7.11. The fourth-order valence-electron chi connectivity index (χ4n) is 4.53. The van der Waals surface area contributed by atoms with Crippen molar-refractivity contribution >= 4 is 39.9 Å². The summed E-state index contributed by atoms with van der Waals surface area (Å²) in [5.74, 6) is -0.986. The lowest BCUT2D eigenvalue weighted by atomic mass is 10.1. The molecule has 0 aliphatic heterocycles. The van der Waals surface area contributed by atoms with Crippen LogP contribution in [0.1, 0.15) is 48.0 Å². The average molecular weight is 536 g/mol. The maximum absolute atomic E-state index is 12.5. The van der Waals surface area contributed by atoms with Crippen LogP contribution in [-0.4, -0.2) is 36.6 Å². The van der Waals surface area contributed by atoms with Gasteiger partial charge in [0.15, 0.2) is 0 Å². The monoisotopic (exact) mass is 535 g/mol. The zero-order valence-electron chi connectivity index (χ0n) is 21.1. The first-order chi connectivity index (χ1) is 18.3. The van der Waals surface area contributed by atoms with E-state index in [2.05, 4.69) is 22.3 Å². The molecule has 0 spiro atoms. The van der Waals surface area contributed by atoms with Crippen molar-refractivity contribution in [3.8, 4) is 10.4 Å². The number of anilines is 2. The molecule has 1 aliphatic carbocycles. The van der Waals surface area contributed by atoms with E-state index in [-0.39, 0.29) is 17.6 Å². The standard InChI is InChI=1S/C28H33N5O4S/c29-23(27(35)37-21-8-4-5-9-21)14-15-33(17-18-6-2-1-3-7-18)20-12-10-19(11-13-20)24-16-22(25(30)34)26(38-24)32-28(31)36/h1-3,6-7,10-13,16,21,23H,4-5,8-9,14-15,17,29H2,(H2,30,34)(H3,31,32,36)/t23-/m0/s1. The molecule has 0 radical (unpaired) electrons. The van der Waals surface area contributed by atoms with Crippen molar-refractivity contribution in [3.63, 3.8) is 0 Å². The SMILES string of the molecule is NC(=O)Nc1sc(-c2ccc(N(CC[C@H](N)C(=O)OC3CCCC3)Cc3ccccc3)cc2)cc1C(N)=O. The highest BCUT2D eigenvalue weighted by molar-refractivity contribution is 7.20. The van der Waals surface area contributed by atoms with E-state index in [1.165, 1.54) is 11.3 Å². The molecule has 200 valence electrons. The molecule has 7 N–H and O–H groups in total. The van der Waals surface area contributed by atoms with Crippen LogP contribution in [0, 0.1) is 0 Å². The molecule has 0 unspecified atom stereocenters. The zero-order valence-corrected chi connectivity index (χ0v) is 21.9. The Morgan fingerprint density at radius 3 is 2.34 bits per heavy atom. The highest BCUT2D eigenvalue weighted by atomic mass is 32.1. The Hall–Kier alpha value is -3.89. The van der Waals surface area contributed by atoms with Crippen molar-refractivity contribution < 1.29 is 19.1 Å². The lowest BCUT2D eigenvalue weighted by Crippen LogP contribution is -2.38. The molecule has 10 heteroatoms. The Labute approximate surface area is 225 Å². The van der Waals surface area contributed by atoms with Crippen molar-refractivity contribution in [2.75, 3.05) is 16.8 Å². The highest BCUT2D eigenvalue weighted by Crippen LogP contribution is 2.36. The van der Waals surface area contributed by atoms with Crippen LogP contribution in [0.4, 0.5) is 15.5 Å². The minimum Gasteiger partial charge on any atom is -0.461 e. The Morgan fingerprint density at radius 2 is 1.71 bits per heavy atom. The first kappa shape index (κ1) is 27.2. The topological polar surface area (TPSA) is 154 Å². The van der Waals surface area contributed by atoms with E-state index >= 15 is 0 Å². The molecule has 3 aromatic rings. The van der Waals surface area contributed by atoms with E-state index in [9.17, 15) is 14.4 Å². The normalized spacial score (nSPS) is 14.1. The van der Waals surface area contributed by atoms with Gasteiger partial charge in [0, 0.05) is 23.7 Å². The third-order valence-corrected chi connectivity index (χ3v) is 7.66. The molecule has 38 heavy (non-hydrogen) atoms. The number of rotatable bonds is 11. The van der Waals surface area contributed by atoms with Gasteiger partial charge < -0.3 is 26.8 Å². The van der Waals surface area contributed by atoms with Gasteiger partial charge in [-0.25, -0.2) is 4.79 Å². The average Bonchev–Trinajstić information content (AvgIpc) is 3.57. The summed E-state index contributed by atoms with van der Waals surface area (Å²) in [6.45, 7) is 1.20. The predicted octanol–water partition coefficient (Wildman–Crippen LogP) is 4.21. The largest absolute Gasteiger partial charge is 0.461 e. The van der Waals surface area contributed by atoms with Crippen molar-refractivity contribution in [1.82, 2.24) is 0 Å².